The summed E-state index contributed by atoms with van der Waals surface area (Å²) in [5, 5.41) is 4.50. The molecule has 0 radical (unpaired) electrons. The van der Waals surface area contributed by atoms with Crippen LogP contribution >= 0.6 is 0 Å². The Kier molecular flexibility index (Phi) is 5.11. The molecule has 158 valence electrons. The fraction of sp³-hybridized carbons (Fsp3) is 0.304. The minimum Gasteiger partial charge on any atom is -0.497 e. The summed E-state index contributed by atoms with van der Waals surface area (Å²) in [7, 11) is 1.64. The number of methoxy groups -OCH3 is 1. The number of rotatable bonds is 5. The lowest BCUT2D eigenvalue weighted by Gasteiger charge is -2.32. The third-order valence-electron chi connectivity index (χ3n) is 5.85. The van der Waals surface area contributed by atoms with Crippen LogP contribution in [0.25, 0.3) is 16.9 Å². The average Bonchev–Trinajstić information content (AvgIpc) is 3.48. The van der Waals surface area contributed by atoms with E-state index < -0.39 is 0 Å². The Morgan fingerprint density at radius 1 is 1.19 bits per heavy atom. The van der Waals surface area contributed by atoms with Crippen LogP contribution < -0.4 is 4.74 Å². The van der Waals surface area contributed by atoms with E-state index >= 15 is 0 Å². The number of carbonyl (C=O) groups is 1. The van der Waals surface area contributed by atoms with Crippen molar-refractivity contribution in [2.45, 2.75) is 19.4 Å². The van der Waals surface area contributed by atoms with E-state index in [-0.39, 0.29) is 5.91 Å². The predicted octanol–water partition coefficient (Wildman–Crippen LogP) is 3.15. The Balaban J connectivity index is 1.40. The SMILES string of the molecule is COc1ccc(-c2ccnc3c(C(=O)N4CCC[C@H](Cn5ccnc5)C4)cnn23)cc1. The van der Waals surface area contributed by atoms with E-state index in [1.54, 1.807) is 30.2 Å². The first kappa shape index (κ1) is 19.3. The van der Waals surface area contributed by atoms with Crippen molar-refractivity contribution in [3.8, 4) is 17.0 Å². The molecule has 0 spiro atoms. The molecule has 1 aliphatic heterocycles. The summed E-state index contributed by atoms with van der Waals surface area (Å²) >= 11 is 0. The number of fused-ring (bicyclic) bond motifs is 1. The second-order valence-electron chi connectivity index (χ2n) is 7.87. The van der Waals surface area contributed by atoms with Crippen LogP contribution in [0.5, 0.6) is 5.75 Å². The molecule has 4 heterocycles. The largest absolute Gasteiger partial charge is 0.497 e. The number of amides is 1. The monoisotopic (exact) mass is 416 g/mol. The maximum atomic E-state index is 13.4. The van der Waals surface area contributed by atoms with Gasteiger partial charge < -0.3 is 14.2 Å². The molecule has 1 saturated heterocycles. The van der Waals surface area contributed by atoms with Crippen molar-refractivity contribution in [1.82, 2.24) is 29.0 Å². The van der Waals surface area contributed by atoms with Gasteiger partial charge in [0.2, 0.25) is 0 Å². The minimum atomic E-state index is -0.00953. The van der Waals surface area contributed by atoms with Crippen LogP contribution in [0.15, 0.2) is 61.4 Å². The van der Waals surface area contributed by atoms with E-state index in [1.165, 1.54) is 0 Å². The Hall–Kier alpha value is -3.68. The van der Waals surface area contributed by atoms with Crippen molar-refractivity contribution in [1.29, 1.82) is 0 Å². The van der Waals surface area contributed by atoms with Crippen molar-refractivity contribution in [3.05, 3.63) is 67.0 Å². The van der Waals surface area contributed by atoms with Crippen LogP contribution in [0.2, 0.25) is 0 Å². The summed E-state index contributed by atoms with van der Waals surface area (Å²) in [6.45, 7) is 2.36. The van der Waals surface area contributed by atoms with Gasteiger partial charge in [0, 0.05) is 43.8 Å². The summed E-state index contributed by atoms with van der Waals surface area (Å²) in [5.41, 5.74) is 2.98. The summed E-state index contributed by atoms with van der Waals surface area (Å²) in [6, 6.07) is 9.67. The molecule has 8 nitrogen and oxygen atoms in total. The highest BCUT2D eigenvalue weighted by molar-refractivity contribution is 6.00. The van der Waals surface area contributed by atoms with Gasteiger partial charge in [-0.3, -0.25) is 4.79 Å². The fourth-order valence-electron chi connectivity index (χ4n) is 4.28. The molecule has 1 atom stereocenters. The van der Waals surface area contributed by atoms with Crippen molar-refractivity contribution in [3.63, 3.8) is 0 Å². The number of likely N-dealkylation sites (tertiary alicyclic amines) is 1. The maximum Gasteiger partial charge on any atom is 0.259 e. The summed E-state index contributed by atoms with van der Waals surface area (Å²) in [4.78, 5) is 23.9. The number of aromatic nitrogens is 5. The summed E-state index contributed by atoms with van der Waals surface area (Å²) in [6.07, 6.45) is 11.1. The maximum absolute atomic E-state index is 13.4. The van der Waals surface area contributed by atoms with E-state index in [4.69, 9.17) is 4.74 Å². The number of imidazole rings is 1. The lowest BCUT2D eigenvalue weighted by Crippen LogP contribution is -2.41. The summed E-state index contributed by atoms with van der Waals surface area (Å²) in [5.74, 6) is 1.20. The summed E-state index contributed by atoms with van der Waals surface area (Å²) < 4.78 is 9.06. The predicted molar refractivity (Wildman–Crippen MR) is 116 cm³/mol. The Bertz CT molecular complexity index is 1180. The normalized spacial score (nSPS) is 16.5. The number of hydrogen-bond donors (Lipinski definition) is 0. The zero-order chi connectivity index (χ0) is 21.2. The van der Waals surface area contributed by atoms with E-state index in [1.807, 2.05) is 47.8 Å². The first-order valence-electron chi connectivity index (χ1n) is 10.4. The Labute approximate surface area is 180 Å². The highest BCUT2D eigenvalue weighted by Crippen LogP contribution is 2.25. The van der Waals surface area contributed by atoms with Gasteiger partial charge in [0.05, 0.1) is 25.3 Å². The molecule has 3 aromatic heterocycles. The van der Waals surface area contributed by atoms with Crippen molar-refractivity contribution in [2.75, 3.05) is 20.2 Å². The highest BCUT2D eigenvalue weighted by Gasteiger charge is 2.27. The molecule has 1 aromatic carbocycles. The molecule has 0 N–H and O–H groups in total. The molecular formula is C23H24N6O2. The standard InChI is InChI=1S/C23H24N6O2/c1-31-19-6-4-18(5-7-19)21-8-9-25-22-20(13-26-29(21)22)23(30)28-11-2-3-17(15-28)14-27-12-10-24-16-27/h4-10,12-13,16-17H,2-3,11,14-15H2,1H3/t17-/m1/s1. The molecule has 0 unspecified atom stereocenters. The number of benzene rings is 1. The average molecular weight is 416 g/mol. The molecule has 31 heavy (non-hydrogen) atoms. The van der Waals surface area contributed by atoms with E-state index in [2.05, 4.69) is 19.6 Å². The number of nitrogens with zero attached hydrogens (tertiary/aromatic N) is 6. The van der Waals surface area contributed by atoms with Gasteiger partial charge in [-0.05, 0) is 49.1 Å². The van der Waals surface area contributed by atoms with Crippen molar-refractivity contribution in [2.24, 2.45) is 5.92 Å². The quantitative estimate of drug-likeness (QED) is 0.499. The van der Waals surface area contributed by atoms with Gasteiger partial charge in [0.25, 0.3) is 5.91 Å². The fourth-order valence-corrected chi connectivity index (χ4v) is 4.28. The lowest BCUT2D eigenvalue weighted by molar-refractivity contribution is 0.0664. The van der Waals surface area contributed by atoms with E-state index in [0.717, 1.165) is 49.5 Å². The Morgan fingerprint density at radius 2 is 2.06 bits per heavy atom. The second-order valence-corrected chi connectivity index (χ2v) is 7.87. The first-order valence-corrected chi connectivity index (χ1v) is 10.4. The molecule has 8 heteroatoms. The minimum absolute atomic E-state index is 0.00953. The van der Waals surface area contributed by atoms with Crippen LogP contribution in [0, 0.1) is 5.92 Å². The van der Waals surface area contributed by atoms with Crippen molar-refractivity contribution >= 4 is 11.6 Å². The number of hydrogen-bond acceptors (Lipinski definition) is 5. The molecule has 1 amide bonds. The van der Waals surface area contributed by atoms with Crippen LogP contribution in [-0.2, 0) is 6.54 Å². The third kappa shape index (κ3) is 3.76. The van der Waals surface area contributed by atoms with Gasteiger partial charge in [-0.25, -0.2) is 14.5 Å². The Morgan fingerprint density at radius 3 is 2.84 bits per heavy atom. The number of carbonyl (C=O) groups excluding carboxylic acids is 1. The molecule has 1 aliphatic rings. The molecule has 0 saturated carbocycles. The zero-order valence-electron chi connectivity index (χ0n) is 17.4. The second kappa shape index (κ2) is 8.22. The number of piperidine rings is 1. The van der Waals surface area contributed by atoms with E-state index in [9.17, 15) is 4.79 Å². The van der Waals surface area contributed by atoms with Gasteiger partial charge in [0.1, 0.15) is 11.3 Å². The first-order chi connectivity index (χ1) is 15.2. The van der Waals surface area contributed by atoms with Crippen LogP contribution in [0.3, 0.4) is 0 Å². The van der Waals surface area contributed by atoms with Crippen LogP contribution in [0.1, 0.15) is 23.2 Å². The molecule has 5 rings (SSSR count). The van der Waals surface area contributed by atoms with E-state index in [0.29, 0.717) is 17.1 Å². The third-order valence-corrected chi connectivity index (χ3v) is 5.85. The molecule has 1 fully saturated rings. The smallest absolute Gasteiger partial charge is 0.259 e. The van der Waals surface area contributed by atoms with Crippen LogP contribution in [-0.4, -0.2) is 55.2 Å². The highest BCUT2D eigenvalue weighted by atomic mass is 16.5. The lowest BCUT2D eigenvalue weighted by atomic mass is 9.97. The molecular weight excluding hydrogens is 392 g/mol. The van der Waals surface area contributed by atoms with Gasteiger partial charge in [-0.2, -0.15) is 5.10 Å². The molecule has 0 bridgehead atoms. The van der Waals surface area contributed by atoms with Gasteiger partial charge in [0.15, 0.2) is 5.65 Å². The van der Waals surface area contributed by atoms with Gasteiger partial charge in [-0.1, -0.05) is 0 Å². The topological polar surface area (TPSA) is 77.5 Å². The zero-order valence-corrected chi connectivity index (χ0v) is 17.4. The number of ether oxygens (including phenoxy) is 1. The van der Waals surface area contributed by atoms with Crippen LogP contribution in [0.4, 0.5) is 0 Å². The molecule has 0 aliphatic carbocycles. The van der Waals surface area contributed by atoms with Crippen molar-refractivity contribution < 1.29 is 9.53 Å². The van der Waals surface area contributed by atoms with Gasteiger partial charge >= 0.3 is 0 Å². The van der Waals surface area contributed by atoms with Gasteiger partial charge in [-0.15, -0.1) is 0 Å². The molecule has 4 aromatic rings.